The summed E-state index contributed by atoms with van der Waals surface area (Å²) < 4.78 is 0. The minimum atomic E-state index is -1.90. The van der Waals surface area contributed by atoms with Gasteiger partial charge in [-0.15, -0.1) is 11.3 Å². The number of carbonyl (C=O) groups excluding carboxylic acids is 2. The van der Waals surface area contributed by atoms with Gasteiger partial charge in [0.05, 0.1) is 0 Å². The summed E-state index contributed by atoms with van der Waals surface area (Å²) in [5.41, 5.74) is 17.9. The first kappa shape index (κ1) is 18.6. The van der Waals surface area contributed by atoms with Crippen LogP contribution in [-0.2, 0) is 10.4 Å². The van der Waals surface area contributed by atoms with Gasteiger partial charge < -0.3 is 22.3 Å². The minimum Gasteiger partial charge on any atom is -0.398 e. The number of amides is 2. The van der Waals surface area contributed by atoms with E-state index < -0.39 is 17.4 Å². The molecule has 0 aliphatic heterocycles. The molecule has 7 N–H and O–H groups in total. The second-order valence-corrected chi connectivity index (χ2v) is 7.29. The molecule has 0 aliphatic carbocycles. The van der Waals surface area contributed by atoms with Gasteiger partial charge in [0.25, 0.3) is 5.91 Å². The van der Waals surface area contributed by atoms with Crippen molar-refractivity contribution >= 4 is 28.8 Å². The summed E-state index contributed by atoms with van der Waals surface area (Å²) in [5, 5.41) is 12.4. The average Bonchev–Trinajstić information content (AvgIpc) is 3.16. The molecule has 0 bridgehead atoms. The van der Waals surface area contributed by atoms with Crippen LogP contribution >= 0.6 is 11.3 Å². The maximum Gasteiger partial charge on any atom is 0.253 e. The van der Waals surface area contributed by atoms with Crippen molar-refractivity contribution in [3.05, 3.63) is 65.0 Å². The van der Waals surface area contributed by atoms with Gasteiger partial charge in [0, 0.05) is 21.7 Å². The third-order valence-corrected chi connectivity index (χ3v) is 5.40. The Morgan fingerprint density at radius 3 is 2.37 bits per heavy atom. The topological polar surface area (TPSA) is 132 Å². The van der Waals surface area contributed by atoms with Crippen molar-refractivity contribution in [3.8, 4) is 21.6 Å². The van der Waals surface area contributed by atoms with Gasteiger partial charge >= 0.3 is 0 Å². The van der Waals surface area contributed by atoms with Crippen molar-refractivity contribution < 1.29 is 14.7 Å². The van der Waals surface area contributed by atoms with Crippen LogP contribution in [0.25, 0.3) is 21.6 Å². The summed E-state index contributed by atoms with van der Waals surface area (Å²) in [6.45, 7) is 1.30. The lowest BCUT2D eigenvalue weighted by molar-refractivity contribution is -0.135. The Labute approximate surface area is 160 Å². The number of rotatable bonds is 5. The molecule has 1 unspecified atom stereocenters. The molecule has 2 amide bonds. The third kappa shape index (κ3) is 3.42. The van der Waals surface area contributed by atoms with Gasteiger partial charge in [-0.25, -0.2) is 0 Å². The molecule has 27 heavy (non-hydrogen) atoms. The Kier molecular flexibility index (Phi) is 4.73. The van der Waals surface area contributed by atoms with Crippen LogP contribution in [0, 0.1) is 0 Å². The van der Waals surface area contributed by atoms with Gasteiger partial charge in [0.15, 0.2) is 5.60 Å². The van der Waals surface area contributed by atoms with E-state index in [9.17, 15) is 14.7 Å². The molecule has 0 saturated carbocycles. The largest absolute Gasteiger partial charge is 0.398 e. The van der Waals surface area contributed by atoms with Crippen LogP contribution in [0.3, 0.4) is 0 Å². The van der Waals surface area contributed by atoms with E-state index in [1.54, 1.807) is 17.4 Å². The van der Waals surface area contributed by atoms with E-state index in [4.69, 9.17) is 17.2 Å². The van der Waals surface area contributed by atoms with Crippen LogP contribution in [0.15, 0.2) is 53.9 Å². The molecule has 0 aliphatic rings. The van der Waals surface area contributed by atoms with E-state index in [1.807, 2.05) is 29.6 Å². The Morgan fingerprint density at radius 2 is 1.78 bits per heavy atom. The van der Waals surface area contributed by atoms with Crippen molar-refractivity contribution in [3.63, 3.8) is 0 Å². The molecule has 2 aromatic carbocycles. The zero-order valence-electron chi connectivity index (χ0n) is 14.6. The van der Waals surface area contributed by atoms with Crippen molar-refractivity contribution in [2.24, 2.45) is 11.5 Å². The number of benzene rings is 2. The predicted molar refractivity (Wildman–Crippen MR) is 107 cm³/mol. The van der Waals surface area contributed by atoms with Crippen LogP contribution in [0.4, 0.5) is 5.69 Å². The van der Waals surface area contributed by atoms with Gasteiger partial charge in [0.1, 0.15) is 0 Å². The van der Waals surface area contributed by atoms with Gasteiger partial charge in [-0.05, 0) is 59.3 Å². The maximum absolute atomic E-state index is 11.9. The summed E-state index contributed by atoms with van der Waals surface area (Å²) in [5.74, 6) is -1.54. The molecule has 3 aromatic rings. The van der Waals surface area contributed by atoms with Gasteiger partial charge in [-0.1, -0.05) is 18.2 Å². The number of carbonyl (C=O) groups is 2. The number of nitrogen functional groups attached to an aromatic ring is 1. The normalized spacial score (nSPS) is 13.1. The molecule has 1 heterocycles. The Hall–Kier alpha value is -3.16. The number of hydrogen-bond acceptors (Lipinski definition) is 5. The summed E-state index contributed by atoms with van der Waals surface area (Å²) in [7, 11) is 0. The zero-order chi connectivity index (χ0) is 19.8. The summed E-state index contributed by atoms with van der Waals surface area (Å²) >= 11 is 1.57. The first-order chi connectivity index (χ1) is 12.7. The van der Waals surface area contributed by atoms with E-state index >= 15 is 0 Å². The molecule has 3 rings (SSSR count). The molecule has 0 saturated heterocycles. The number of nitrogens with two attached hydrogens (primary N) is 3. The van der Waals surface area contributed by atoms with E-state index in [-0.39, 0.29) is 11.1 Å². The molecule has 0 spiro atoms. The number of hydrogen-bond donors (Lipinski definition) is 4. The molecule has 1 aromatic heterocycles. The molecule has 138 valence electrons. The average molecular weight is 381 g/mol. The maximum atomic E-state index is 11.9. The first-order valence-electron chi connectivity index (χ1n) is 8.12. The SMILES string of the molecule is CC(O)(C(N)=O)c1ccc(C(N)=O)c(-c2cc(-c3cccs3)ccc2N)c1. The highest BCUT2D eigenvalue weighted by Gasteiger charge is 2.31. The highest BCUT2D eigenvalue weighted by atomic mass is 32.1. The molecule has 6 nitrogen and oxygen atoms in total. The highest BCUT2D eigenvalue weighted by molar-refractivity contribution is 7.13. The van der Waals surface area contributed by atoms with Crippen LogP contribution in [0.1, 0.15) is 22.8 Å². The van der Waals surface area contributed by atoms with Crippen molar-refractivity contribution in [1.29, 1.82) is 0 Å². The van der Waals surface area contributed by atoms with Crippen molar-refractivity contribution in [2.75, 3.05) is 5.73 Å². The molecule has 7 heteroatoms. The predicted octanol–water partition coefficient (Wildman–Crippen LogP) is 2.46. The number of aliphatic hydroxyl groups is 1. The van der Waals surface area contributed by atoms with E-state index in [1.165, 1.54) is 25.1 Å². The standard InChI is InChI=1S/C20H19N3O3S/c1-20(26,19(23)25)12-5-6-13(18(22)24)14(10-12)15-9-11(4-7-16(15)21)17-3-2-8-27-17/h2-10,26H,21H2,1H3,(H2,22,24)(H2,23,25). The van der Waals surface area contributed by atoms with Gasteiger partial charge in [-0.2, -0.15) is 0 Å². The molecule has 0 radical (unpaired) electrons. The number of anilines is 1. The molecule has 1 atom stereocenters. The number of thiophene rings is 1. The number of primary amides is 2. The van der Waals surface area contributed by atoms with E-state index in [0.717, 1.165) is 10.4 Å². The fourth-order valence-electron chi connectivity index (χ4n) is 2.81. The first-order valence-corrected chi connectivity index (χ1v) is 9.00. The monoisotopic (exact) mass is 381 g/mol. The molecular weight excluding hydrogens is 362 g/mol. The highest BCUT2D eigenvalue weighted by Crippen LogP contribution is 2.36. The van der Waals surface area contributed by atoms with Gasteiger partial charge in [0.2, 0.25) is 5.91 Å². The summed E-state index contributed by atoms with van der Waals surface area (Å²) in [6.07, 6.45) is 0. The molecule has 0 fully saturated rings. The lowest BCUT2D eigenvalue weighted by Gasteiger charge is -2.22. The lowest BCUT2D eigenvalue weighted by Crippen LogP contribution is -2.38. The lowest BCUT2D eigenvalue weighted by atomic mass is 9.88. The summed E-state index contributed by atoms with van der Waals surface area (Å²) in [4.78, 5) is 24.6. The van der Waals surface area contributed by atoms with Crippen molar-refractivity contribution in [1.82, 2.24) is 0 Å². The Bertz CT molecular complexity index is 1030. The van der Waals surface area contributed by atoms with Crippen LogP contribution in [0.5, 0.6) is 0 Å². The smallest absolute Gasteiger partial charge is 0.253 e. The Balaban J connectivity index is 2.25. The van der Waals surface area contributed by atoms with Crippen molar-refractivity contribution in [2.45, 2.75) is 12.5 Å². The van der Waals surface area contributed by atoms with E-state index in [2.05, 4.69) is 0 Å². The fourth-order valence-corrected chi connectivity index (χ4v) is 3.54. The van der Waals surface area contributed by atoms with Crippen LogP contribution < -0.4 is 17.2 Å². The quantitative estimate of drug-likeness (QED) is 0.505. The second-order valence-electron chi connectivity index (χ2n) is 6.34. The van der Waals surface area contributed by atoms with Gasteiger partial charge in [-0.3, -0.25) is 9.59 Å². The van der Waals surface area contributed by atoms with E-state index in [0.29, 0.717) is 16.8 Å². The fraction of sp³-hybridized carbons (Fsp3) is 0.100. The third-order valence-electron chi connectivity index (χ3n) is 4.48. The zero-order valence-corrected chi connectivity index (χ0v) is 15.4. The Morgan fingerprint density at radius 1 is 1.04 bits per heavy atom. The van der Waals surface area contributed by atoms with Crippen LogP contribution in [-0.4, -0.2) is 16.9 Å². The molecular formula is C20H19N3O3S. The summed E-state index contributed by atoms with van der Waals surface area (Å²) in [6, 6.07) is 13.8. The second kappa shape index (κ2) is 6.86. The van der Waals surface area contributed by atoms with Crippen LogP contribution in [0.2, 0.25) is 0 Å². The minimum absolute atomic E-state index is 0.231.